The van der Waals surface area contributed by atoms with E-state index < -0.39 is 6.10 Å². The van der Waals surface area contributed by atoms with Crippen LogP contribution in [0.15, 0.2) is 12.2 Å². The first-order valence-corrected chi connectivity index (χ1v) is 3.83. The van der Waals surface area contributed by atoms with E-state index in [9.17, 15) is 9.90 Å². The van der Waals surface area contributed by atoms with Crippen molar-refractivity contribution in [3.8, 4) is 0 Å². The Balaban J connectivity index is 2.82. The van der Waals surface area contributed by atoms with E-state index >= 15 is 0 Å². The monoisotopic (exact) mass is 154 g/mol. The van der Waals surface area contributed by atoms with E-state index in [0.717, 1.165) is 0 Å². The molecule has 0 spiro atoms. The molecule has 0 bridgehead atoms. The summed E-state index contributed by atoms with van der Waals surface area (Å²) in [6.07, 6.45) is 2.46. The Morgan fingerprint density at radius 3 is 2.18 bits per heavy atom. The number of hydrogen-bond acceptors (Lipinski definition) is 2. The van der Waals surface area contributed by atoms with Crippen molar-refractivity contribution >= 4 is 5.78 Å². The molecule has 62 valence electrons. The molecule has 2 nitrogen and oxygen atoms in total. The van der Waals surface area contributed by atoms with E-state index in [0.29, 0.717) is 0 Å². The number of aliphatic hydroxyl groups is 1. The number of allylic oxidation sites excluding steroid dienone is 1. The molecule has 1 rings (SSSR count). The fourth-order valence-corrected chi connectivity index (χ4v) is 1.52. The maximum Gasteiger partial charge on any atom is 0.161 e. The van der Waals surface area contributed by atoms with Gasteiger partial charge in [-0.2, -0.15) is 0 Å². The minimum atomic E-state index is -0.581. The second-order valence-electron chi connectivity index (χ2n) is 4.10. The SMILES string of the molecule is CC(C)(C)[C@H]1C(=O)C=C[C@H]1O. The van der Waals surface area contributed by atoms with Crippen molar-refractivity contribution < 1.29 is 9.90 Å². The van der Waals surface area contributed by atoms with E-state index in [1.54, 1.807) is 6.08 Å². The van der Waals surface area contributed by atoms with Crippen molar-refractivity contribution in [1.82, 2.24) is 0 Å². The average Bonchev–Trinajstić information content (AvgIpc) is 2.08. The molecule has 0 fully saturated rings. The van der Waals surface area contributed by atoms with Gasteiger partial charge in [0.05, 0.1) is 12.0 Å². The third-order valence-corrected chi connectivity index (χ3v) is 2.04. The predicted molar refractivity (Wildman–Crippen MR) is 43.1 cm³/mol. The Labute approximate surface area is 66.9 Å². The van der Waals surface area contributed by atoms with Gasteiger partial charge in [-0.05, 0) is 11.5 Å². The Morgan fingerprint density at radius 2 is 2.00 bits per heavy atom. The van der Waals surface area contributed by atoms with Crippen LogP contribution < -0.4 is 0 Å². The number of aliphatic hydroxyl groups excluding tert-OH is 1. The molecular weight excluding hydrogens is 140 g/mol. The van der Waals surface area contributed by atoms with Crippen LogP contribution in [0.3, 0.4) is 0 Å². The lowest BCUT2D eigenvalue weighted by molar-refractivity contribution is -0.123. The molecule has 0 aromatic rings. The lowest BCUT2D eigenvalue weighted by Gasteiger charge is -2.27. The van der Waals surface area contributed by atoms with E-state index in [-0.39, 0.29) is 17.1 Å². The molecule has 1 aliphatic rings. The van der Waals surface area contributed by atoms with Gasteiger partial charge in [0, 0.05) is 0 Å². The van der Waals surface area contributed by atoms with Crippen LogP contribution in [0, 0.1) is 11.3 Å². The Hall–Kier alpha value is -0.630. The molecule has 0 saturated carbocycles. The van der Waals surface area contributed by atoms with Crippen LogP contribution in [0.2, 0.25) is 0 Å². The van der Waals surface area contributed by atoms with E-state index in [1.807, 2.05) is 20.8 Å². The van der Waals surface area contributed by atoms with E-state index in [2.05, 4.69) is 0 Å². The van der Waals surface area contributed by atoms with Crippen molar-refractivity contribution in [2.24, 2.45) is 11.3 Å². The number of hydrogen-bond donors (Lipinski definition) is 1. The molecule has 1 N–H and O–H groups in total. The van der Waals surface area contributed by atoms with Gasteiger partial charge >= 0.3 is 0 Å². The van der Waals surface area contributed by atoms with Gasteiger partial charge in [0.15, 0.2) is 5.78 Å². The van der Waals surface area contributed by atoms with Gasteiger partial charge in [0.1, 0.15) is 0 Å². The quantitative estimate of drug-likeness (QED) is 0.568. The summed E-state index contributed by atoms with van der Waals surface area (Å²) in [4.78, 5) is 11.2. The Morgan fingerprint density at radius 1 is 1.45 bits per heavy atom. The van der Waals surface area contributed by atoms with E-state index in [1.165, 1.54) is 6.08 Å². The zero-order valence-corrected chi connectivity index (χ0v) is 7.16. The highest BCUT2D eigenvalue weighted by Crippen LogP contribution is 2.33. The topological polar surface area (TPSA) is 37.3 Å². The fraction of sp³-hybridized carbons (Fsp3) is 0.667. The molecule has 0 unspecified atom stereocenters. The lowest BCUT2D eigenvalue weighted by Crippen LogP contribution is -2.32. The minimum Gasteiger partial charge on any atom is -0.388 e. The second kappa shape index (κ2) is 2.45. The smallest absolute Gasteiger partial charge is 0.161 e. The summed E-state index contributed by atoms with van der Waals surface area (Å²) in [5.74, 6) is -0.201. The van der Waals surface area contributed by atoms with Crippen molar-refractivity contribution in [2.45, 2.75) is 26.9 Å². The predicted octanol–water partition coefficient (Wildman–Crippen LogP) is 1.15. The Kier molecular flexibility index (Phi) is 1.89. The first-order valence-electron chi connectivity index (χ1n) is 3.83. The van der Waals surface area contributed by atoms with Crippen LogP contribution in [0.25, 0.3) is 0 Å². The molecule has 0 aromatic carbocycles. The molecule has 0 aliphatic heterocycles. The summed E-state index contributed by atoms with van der Waals surface area (Å²) in [6, 6.07) is 0. The molecule has 0 heterocycles. The van der Waals surface area contributed by atoms with Gasteiger partial charge in [-0.15, -0.1) is 0 Å². The summed E-state index contributed by atoms with van der Waals surface area (Å²) in [6.45, 7) is 5.89. The van der Waals surface area contributed by atoms with Gasteiger partial charge in [0.25, 0.3) is 0 Å². The largest absolute Gasteiger partial charge is 0.388 e. The number of ketones is 1. The van der Waals surface area contributed by atoms with Crippen molar-refractivity contribution in [1.29, 1.82) is 0 Å². The maximum absolute atomic E-state index is 11.2. The minimum absolute atomic E-state index is 0.0463. The summed E-state index contributed by atoms with van der Waals surface area (Å²) in [7, 11) is 0. The number of rotatable bonds is 0. The lowest BCUT2D eigenvalue weighted by atomic mass is 9.77. The van der Waals surface area contributed by atoms with Gasteiger partial charge in [0.2, 0.25) is 0 Å². The van der Waals surface area contributed by atoms with Gasteiger partial charge in [-0.1, -0.05) is 26.8 Å². The molecule has 0 radical (unpaired) electrons. The molecule has 11 heavy (non-hydrogen) atoms. The highest BCUT2D eigenvalue weighted by atomic mass is 16.3. The van der Waals surface area contributed by atoms with E-state index in [4.69, 9.17) is 0 Å². The van der Waals surface area contributed by atoms with Gasteiger partial charge in [-0.25, -0.2) is 0 Å². The standard InChI is InChI=1S/C9H14O2/c1-9(2,3)8-6(10)4-5-7(8)11/h4-6,8,10H,1-3H3/t6-,8-/m1/s1. The van der Waals surface area contributed by atoms with Crippen molar-refractivity contribution in [2.75, 3.05) is 0 Å². The molecule has 2 heteroatoms. The summed E-state index contributed by atoms with van der Waals surface area (Å²) in [5.41, 5.74) is -0.139. The fourth-order valence-electron chi connectivity index (χ4n) is 1.52. The van der Waals surface area contributed by atoms with Crippen LogP contribution in [0.4, 0.5) is 0 Å². The molecule has 0 amide bonds. The summed E-state index contributed by atoms with van der Waals surface area (Å²) >= 11 is 0. The van der Waals surface area contributed by atoms with Crippen LogP contribution >= 0.6 is 0 Å². The van der Waals surface area contributed by atoms with Crippen molar-refractivity contribution in [3.63, 3.8) is 0 Å². The zero-order valence-electron chi connectivity index (χ0n) is 7.16. The Bertz CT molecular complexity index is 198. The van der Waals surface area contributed by atoms with Crippen molar-refractivity contribution in [3.05, 3.63) is 12.2 Å². The van der Waals surface area contributed by atoms with Crippen LogP contribution in [0.5, 0.6) is 0 Å². The highest BCUT2D eigenvalue weighted by Gasteiger charge is 2.37. The first-order chi connectivity index (χ1) is 4.93. The van der Waals surface area contributed by atoms with Crippen LogP contribution in [-0.2, 0) is 4.79 Å². The van der Waals surface area contributed by atoms with Gasteiger partial charge < -0.3 is 5.11 Å². The molecule has 1 aliphatic carbocycles. The molecule has 0 aromatic heterocycles. The first kappa shape index (κ1) is 8.47. The normalized spacial score (nSPS) is 31.5. The second-order valence-corrected chi connectivity index (χ2v) is 4.10. The average molecular weight is 154 g/mol. The summed E-state index contributed by atoms with van der Waals surface area (Å²) in [5, 5.41) is 9.39. The van der Waals surface area contributed by atoms with Gasteiger partial charge in [-0.3, -0.25) is 4.79 Å². The highest BCUT2D eigenvalue weighted by molar-refractivity contribution is 5.95. The summed E-state index contributed by atoms with van der Waals surface area (Å²) < 4.78 is 0. The van der Waals surface area contributed by atoms with Crippen LogP contribution in [0.1, 0.15) is 20.8 Å². The maximum atomic E-state index is 11.2. The molecule has 2 atom stereocenters. The zero-order chi connectivity index (χ0) is 8.65. The molecule has 0 saturated heterocycles. The number of carbonyl (C=O) groups is 1. The molecular formula is C9H14O2. The third-order valence-electron chi connectivity index (χ3n) is 2.04. The third kappa shape index (κ3) is 1.51. The van der Waals surface area contributed by atoms with Crippen LogP contribution in [-0.4, -0.2) is 17.0 Å². The number of carbonyl (C=O) groups excluding carboxylic acids is 1.